The SMILES string of the molecule is CNC(=O)c1cc(Cl)c(OC(C)(C)C)cc1OC[C@@H](O)CN1CCC2(CC1)Cc1cc(Cl)ccc1O2.Cc1ccc(CN(C)C(=O)[C@H]2CCCN2C(=O)Nc2ccc(C)cc2)cc1.Cc1ccc(Cn2c(C)nnc2[C@H]2CCCN2C(=O)Nc2ccc(C)cc2)cc1.Cc1ccc2c(c1)/C(=C\CCN1CC[C@](O)(c3ccc(Cl)cc3)C(C)(C)C1)c1cccnc1CO2. The number of likely N-dealkylation sites (tertiary alicyclic amines) is 4. The van der Waals surface area contributed by atoms with Gasteiger partial charge in [-0.2, -0.15) is 0 Å². The topological polar surface area (TPSA) is 242 Å². The first-order valence-electron chi connectivity index (χ1n) is 44.1. The maximum Gasteiger partial charge on any atom is 0.322 e. The number of carbonyl (C=O) groups is 4. The molecule has 25 heteroatoms. The average molecular weight is 1780 g/mol. The molecule has 2 aromatic heterocycles. The Morgan fingerprint density at radius 3 is 1.91 bits per heavy atom. The highest BCUT2D eigenvalue weighted by molar-refractivity contribution is 6.32. The quantitative estimate of drug-likeness (QED) is 0.0506. The Morgan fingerprint density at radius 2 is 1.26 bits per heavy atom. The van der Waals surface area contributed by atoms with E-state index in [-0.39, 0.29) is 53.1 Å². The second-order valence-electron chi connectivity index (χ2n) is 36.2. The van der Waals surface area contributed by atoms with Gasteiger partial charge in [0.15, 0.2) is 5.82 Å². The summed E-state index contributed by atoms with van der Waals surface area (Å²) in [5, 5.41) is 41.4. The van der Waals surface area contributed by atoms with E-state index in [4.69, 9.17) is 53.8 Å². The van der Waals surface area contributed by atoms with Crippen LogP contribution in [0.2, 0.25) is 15.1 Å². The molecule has 127 heavy (non-hydrogen) atoms. The molecule has 0 radical (unpaired) electrons. The highest BCUT2D eigenvalue weighted by Gasteiger charge is 2.49. The van der Waals surface area contributed by atoms with Gasteiger partial charge >= 0.3 is 12.1 Å². The van der Waals surface area contributed by atoms with E-state index < -0.39 is 23.3 Å². The van der Waals surface area contributed by atoms with Gasteiger partial charge in [0, 0.05) is 142 Å². The number of hydrogen-bond acceptors (Lipinski definition) is 15. The number of hydrogen-bond donors (Lipinski definition) is 5. The molecule has 0 aliphatic carbocycles. The number of rotatable bonds is 19. The first-order valence-corrected chi connectivity index (χ1v) is 45.2. The Balaban J connectivity index is 0.000000146. The summed E-state index contributed by atoms with van der Waals surface area (Å²) in [4.78, 5) is 65.5. The van der Waals surface area contributed by atoms with Crippen LogP contribution in [0.15, 0.2) is 194 Å². The molecule has 8 aromatic carbocycles. The van der Waals surface area contributed by atoms with Gasteiger partial charge in [0.2, 0.25) is 5.91 Å². The van der Waals surface area contributed by atoms with Gasteiger partial charge in [-0.3, -0.25) is 14.6 Å². The summed E-state index contributed by atoms with van der Waals surface area (Å²) in [5.41, 5.74) is 14.8. The Bertz CT molecular complexity index is 5500. The number of aromatic nitrogens is 4. The number of likely N-dealkylation sites (N-methyl/N-ethyl adjacent to an activating group) is 1. The molecule has 670 valence electrons. The number of nitrogens with zero attached hydrogens (tertiary/aromatic N) is 9. The maximum absolute atomic E-state index is 13.0. The van der Waals surface area contributed by atoms with Gasteiger partial charge in [0.05, 0.1) is 34.5 Å². The molecule has 4 fully saturated rings. The van der Waals surface area contributed by atoms with Crippen molar-refractivity contribution in [1.82, 2.24) is 49.6 Å². The fourth-order valence-corrected chi connectivity index (χ4v) is 18.0. The molecule has 0 bridgehead atoms. The molecule has 6 aliphatic rings. The van der Waals surface area contributed by atoms with Crippen LogP contribution in [0, 0.1) is 47.0 Å². The van der Waals surface area contributed by atoms with Crippen LogP contribution in [0.25, 0.3) is 5.57 Å². The van der Waals surface area contributed by atoms with Crippen LogP contribution in [-0.2, 0) is 36.5 Å². The minimum atomic E-state index is -0.869. The molecule has 10 aromatic rings. The van der Waals surface area contributed by atoms with Crippen LogP contribution < -0.4 is 34.9 Å². The van der Waals surface area contributed by atoms with Crippen molar-refractivity contribution >= 4 is 75.6 Å². The van der Waals surface area contributed by atoms with Crippen molar-refractivity contribution in [3.8, 4) is 23.0 Å². The molecule has 8 heterocycles. The normalized spacial score (nSPS) is 18.5. The second kappa shape index (κ2) is 41.5. The van der Waals surface area contributed by atoms with Gasteiger partial charge in [0.1, 0.15) is 65.4 Å². The third-order valence-corrected chi connectivity index (χ3v) is 25.4. The number of benzene rings is 8. The van der Waals surface area contributed by atoms with Gasteiger partial charge in [0.25, 0.3) is 5.91 Å². The molecule has 5 N–H and O–H groups in total. The van der Waals surface area contributed by atoms with Crippen LogP contribution in [-0.4, -0.2) is 175 Å². The van der Waals surface area contributed by atoms with Crippen LogP contribution >= 0.6 is 34.8 Å². The fraction of sp³-hybridized carbons (Fsp3) is 0.402. The molecule has 0 unspecified atom stereocenters. The molecule has 6 aliphatic heterocycles. The number of aliphatic hydroxyl groups is 2. The lowest BCUT2D eigenvalue weighted by molar-refractivity contribution is -0.134. The fourth-order valence-electron chi connectivity index (χ4n) is 17.5. The van der Waals surface area contributed by atoms with Crippen molar-refractivity contribution in [2.45, 2.75) is 189 Å². The van der Waals surface area contributed by atoms with Gasteiger partial charge < -0.3 is 74.2 Å². The Labute approximate surface area is 762 Å². The van der Waals surface area contributed by atoms with E-state index in [9.17, 15) is 29.4 Å². The third kappa shape index (κ3) is 24.0. The molecule has 6 amide bonds. The molecule has 22 nitrogen and oxygen atoms in total. The van der Waals surface area contributed by atoms with Crippen molar-refractivity contribution in [3.05, 3.63) is 293 Å². The largest absolute Gasteiger partial charge is 0.490 e. The number of urea groups is 2. The number of amides is 6. The van der Waals surface area contributed by atoms with Gasteiger partial charge in [-0.1, -0.05) is 180 Å². The number of β-amino-alcohol motifs (C(OH)–C–C–N with tert-alkyl or cyclic N) is 1. The number of fused-ring (bicyclic) bond motifs is 3. The van der Waals surface area contributed by atoms with E-state index in [2.05, 4.69) is 128 Å². The minimum absolute atomic E-state index is 0.00729. The predicted octanol–water partition coefficient (Wildman–Crippen LogP) is 19.7. The smallest absolute Gasteiger partial charge is 0.322 e. The zero-order chi connectivity index (χ0) is 90.5. The molecule has 4 atom stereocenters. The number of piperidine rings is 2. The summed E-state index contributed by atoms with van der Waals surface area (Å²) < 4.78 is 26.4. The van der Waals surface area contributed by atoms with Crippen LogP contribution in [0.5, 0.6) is 23.0 Å². The number of halogens is 3. The van der Waals surface area contributed by atoms with E-state index in [1.54, 1.807) is 30.0 Å². The number of aliphatic hydroxyl groups excluding tert-OH is 1. The number of pyridine rings is 1. The highest BCUT2D eigenvalue weighted by atomic mass is 35.5. The lowest BCUT2D eigenvalue weighted by Gasteiger charge is -2.50. The van der Waals surface area contributed by atoms with Gasteiger partial charge in [-0.05, 0) is 208 Å². The minimum Gasteiger partial charge on any atom is -0.490 e. The van der Waals surface area contributed by atoms with Gasteiger partial charge in [-0.15, -0.1) is 10.2 Å². The monoisotopic (exact) mass is 1780 g/mol. The van der Waals surface area contributed by atoms with Crippen LogP contribution in [0.4, 0.5) is 21.0 Å². The number of carbonyl (C=O) groups excluding carboxylic acids is 4. The van der Waals surface area contributed by atoms with E-state index in [1.807, 2.05) is 181 Å². The summed E-state index contributed by atoms with van der Waals surface area (Å²) in [5.74, 6) is 3.95. The van der Waals surface area contributed by atoms with Crippen LogP contribution in [0.3, 0.4) is 0 Å². The number of anilines is 2. The summed E-state index contributed by atoms with van der Waals surface area (Å²) in [6.07, 6.45) is 11.0. The van der Waals surface area contributed by atoms with Crippen molar-refractivity contribution in [2.24, 2.45) is 5.41 Å². The molecule has 0 saturated carbocycles. The number of ether oxygens (including phenoxy) is 4. The standard InChI is InChI=1S/C30H33ClN2O2.C27H34Cl2N2O5.C23H27N5O.C22H27N3O2/c1-21-8-13-28-26(18-21)24(25-6-4-15-32-27(25)19-35-28)7-5-16-33-17-14-30(34,29(2,3)20-33)22-9-11-23(31)12-10-22;1-26(2,3)35-24-13-23(20(12-21(24)29)25(33)30-4)34-16-19(32)15-31-9-7-27(8-10-31)14-17-11-18(28)5-6-22(17)36-27;1-16-6-10-19(11-7-16)15-28-18(3)25-26-22(28)21-5-4-14-27(21)23(29)24-20-12-8-17(2)9-13-20;1-16-6-10-18(11-7-16)15-24(3)21(26)20-5-4-14-25(20)22(27)23-19-12-8-17(2)9-13-19/h4,6-13,15,18,34H,5,14,16-17,19-20H2,1-3H3;5-6,11-13,19,32H,7-10,14-16H2,1-4H3,(H,30,33);6-13,21H,4-5,14-15H2,1-3H3,(H,24,29);6-13,20H,4-5,14-15H2,1-3H3,(H,23,27)/b24-7-;;;/t30-;19-;21-;20-/m0011/s1. The van der Waals surface area contributed by atoms with Gasteiger partial charge in [-0.25, -0.2) is 9.59 Å². The maximum atomic E-state index is 13.0. The molecule has 1 spiro atoms. The average Bonchev–Trinajstić information content (AvgIpc) is 1.66. The van der Waals surface area contributed by atoms with Crippen molar-refractivity contribution in [2.75, 3.05) is 83.7 Å². The molecule has 4 saturated heterocycles. The summed E-state index contributed by atoms with van der Waals surface area (Å²) in [6, 6.07) is 58.5. The molecular formula is C102H121Cl3N12O10. The van der Waals surface area contributed by atoms with E-state index >= 15 is 0 Å². The second-order valence-corrected chi connectivity index (χ2v) is 37.5. The van der Waals surface area contributed by atoms with Crippen molar-refractivity contribution < 1.29 is 48.3 Å². The number of aryl methyl sites for hydroxylation is 6. The van der Waals surface area contributed by atoms with E-state index in [0.717, 1.165) is 163 Å². The van der Waals surface area contributed by atoms with E-state index in [0.29, 0.717) is 67.2 Å². The predicted molar refractivity (Wildman–Crippen MR) is 504 cm³/mol. The molecule has 16 rings (SSSR count). The Kier molecular flexibility index (Phi) is 30.7. The van der Waals surface area contributed by atoms with Crippen LogP contribution in [0.1, 0.15) is 181 Å². The van der Waals surface area contributed by atoms with Crippen molar-refractivity contribution in [1.29, 1.82) is 0 Å². The van der Waals surface area contributed by atoms with E-state index in [1.165, 1.54) is 39.5 Å². The summed E-state index contributed by atoms with van der Waals surface area (Å²) in [7, 11) is 3.34. The highest BCUT2D eigenvalue weighted by Crippen LogP contribution is 2.48. The Hall–Kier alpha value is -10.8. The lowest BCUT2D eigenvalue weighted by atomic mass is 9.66. The van der Waals surface area contributed by atoms with Crippen molar-refractivity contribution in [3.63, 3.8) is 0 Å². The first kappa shape index (κ1) is 93.8. The zero-order valence-electron chi connectivity index (χ0n) is 75.4. The summed E-state index contributed by atoms with van der Waals surface area (Å²) >= 11 is 18.6. The number of nitrogens with one attached hydrogen (secondary N) is 3. The third-order valence-electron chi connectivity index (χ3n) is 24.6. The lowest BCUT2D eigenvalue weighted by Crippen LogP contribution is -2.55. The molecular weight excluding hydrogens is 1660 g/mol. The first-order chi connectivity index (χ1) is 60.7. The summed E-state index contributed by atoms with van der Waals surface area (Å²) in [6.45, 7) is 30.1. The zero-order valence-corrected chi connectivity index (χ0v) is 77.6. The Morgan fingerprint density at radius 1 is 0.661 bits per heavy atom.